The zero-order chi connectivity index (χ0) is 19.1. The van der Waals surface area contributed by atoms with Crippen molar-refractivity contribution >= 4 is 5.57 Å². The molecular formula is C27H26. The van der Waals surface area contributed by atoms with E-state index in [0.717, 1.165) is 19.3 Å². The van der Waals surface area contributed by atoms with Crippen LogP contribution in [0.15, 0.2) is 84.4 Å². The SMILES string of the molecule is C#CCC/C(Cc1ccc(-c2ccccc2)cc1)=C(\C)c1ccccc1C. The van der Waals surface area contributed by atoms with Crippen LogP contribution in [-0.4, -0.2) is 0 Å². The van der Waals surface area contributed by atoms with Crippen LogP contribution >= 0.6 is 0 Å². The van der Waals surface area contributed by atoms with Crippen molar-refractivity contribution in [1.29, 1.82) is 0 Å². The van der Waals surface area contributed by atoms with E-state index in [0.29, 0.717) is 0 Å². The maximum absolute atomic E-state index is 5.55. The van der Waals surface area contributed by atoms with Crippen LogP contribution in [0.4, 0.5) is 0 Å². The summed E-state index contributed by atoms with van der Waals surface area (Å²) in [5.41, 5.74) is 9.25. The van der Waals surface area contributed by atoms with Crippen LogP contribution in [0.1, 0.15) is 36.5 Å². The Labute approximate surface area is 163 Å². The maximum atomic E-state index is 5.55. The first-order chi connectivity index (χ1) is 13.2. The van der Waals surface area contributed by atoms with Gasteiger partial charge >= 0.3 is 0 Å². The van der Waals surface area contributed by atoms with Crippen molar-refractivity contribution in [2.24, 2.45) is 0 Å². The van der Waals surface area contributed by atoms with E-state index < -0.39 is 0 Å². The molecule has 0 heteroatoms. The van der Waals surface area contributed by atoms with Gasteiger partial charge in [-0.05, 0) is 60.1 Å². The van der Waals surface area contributed by atoms with Gasteiger partial charge in [-0.25, -0.2) is 0 Å². The van der Waals surface area contributed by atoms with Crippen molar-refractivity contribution in [3.05, 3.63) is 101 Å². The largest absolute Gasteiger partial charge is 0.120 e. The number of hydrogen-bond donors (Lipinski definition) is 0. The van der Waals surface area contributed by atoms with Gasteiger partial charge in [0, 0.05) is 6.42 Å². The Balaban J connectivity index is 1.88. The first kappa shape index (κ1) is 18.7. The highest BCUT2D eigenvalue weighted by Crippen LogP contribution is 2.28. The Morgan fingerprint density at radius 2 is 1.44 bits per heavy atom. The quantitative estimate of drug-likeness (QED) is 0.416. The fourth-order valence-electron chi connectivity index (χ4n) is 3.51. The van der Waals surface area contributed by atoms with Gasteiger partial charge in [0.2, 0.25) is 0 Å². The molecule has 0 N–H and O–H groups in total. The molecule has 0 aliphatic rings. The summed E-state index contributed by atoms with van der Waals surface area (Å²) in [7, 11) is 0. The molecule has 0 unspecified atom stereocenters. The molecule has 0 aliphatic carbocycles. The van der Waals surface area contributed by atoms with E-state index in [9.17, 15) is 0 Å². The standard InChI is InChI=1S/C27H26/c1-4-5-12-26(22(3)27-15-10-9-11-21(27)2)20-23-16-18-25(19-17-23)24-13-7-6-8-14-24/h1,6-11,13-19H,5,12,20H2,2-3H3/b26-22-. The minimum absolute atomic E-state index is 0.778. The highest BCUT2D eigenvalue weighted by atomic mass is 14.1. The first-order valence-electron chi connectivity index (χ1n) is 9.51. The van der Waals surface area contributed by atoms with Gasteiger partial charge in [0.15, 0.2) is 0 Å². The van der Waals surface area contributed by atoms with Crippen molar-refractivity contribution in [1.82, 2.24) is 0 Å². The molecule has 0 radical (unpaired) electrons. The second kappa shape index (κ2) is 9.06. The Hall–Kier alpha value is -3.04. The molecule has 0 spiro atoms. The van der Waals surface area contributed by atoms with Crippen molar-refractivity contribution in [2.45, 2.75) is 33.1 Å². The van der Waals surface area contributed by atoms with Crippen LogP contribution in [0.3, 0.4) is 0 Å². The van der Waals surface area contributed by atoms with Crippen LogP contribution in [0.2, 0.25) is 0 Å². The molecule has 0 aliphatic heterocycles. The van der Waals surface area contributed by atoms with Crippen LogP contribution in [0, 0.1) is 19.3 Å². The van der Waals surface area contributed by atoms with Gasteiger partial charge < -0.3 is 0 Å². The van der Waals surface area contributed by atoms with E-state index in [2.05, 4.69) is 98.6 Å². The zero-order valence-corrected chi connectivity index (χ0v) is 16.2. The Morgan fingerprint density at radius 1 is 0.815 bits per heavy atom. The van der Waals surface area contributed by atoms with E-state index >= 15 is 0 Å². The molecule has 134 valence electrons. The van der Waals surface area contributed by atoms with Crippen molar-refractivity contribution < 1.29 is 0 Å². The van der Waals surface area contributed by atoms with Crippen LogP contribution in [0.25, 0.3) is 16.7 Å². The molecule has 0 amide bonds. The monoisotopic (exact) mass is 350 g/mol. The lowest BCUT2D eigenvalue weighted by molar-refractivity contribution is 0.943. The molecule has 0 fully saturated rings. The van der Waals surface area contributed by atoms with Crippen molar-refractivity contribution in [2.75, 3.05) is 0 Å². The van der Waals surface area contributed by atoms with Gasteiger partial charge in [-0.15, -0.1) is 12.3 Å². The highest BCUT2D eigenvalue weighted by Gasteiger charge is 2.09. The van der Waals surface area contributed by atoms with Crippen molar-refractivity contribution in [3.63, 3.8) is 0 Å². The summed E-state index contributed by atoms with van der Waals surface area (Å²) < 4.78 is 0. The Bertz CT molecular complexity index is 951. The van der Waals surface area contributed by atoms with Gasteiger partial charge in [0.05, 0.1) is 0 Å². The lowest BCUT2D eigenvalue weighted by Gasteiger charge is -2.14. The summed E-state index contributed by atoms with van der Waals surface area (Å²) in [5, 5.41) is 0. The third-order valence-electron chi connectivity index (χ3n) is 5.13. The van der Waals surface area contributed by atoms with Crippen molar-refractivity contribution in [3.8, 4) is 23.5 Å². The van der Waals surface area contributed by atoms with E-state index in [1.807, 2.05) is 0 Å². The molecule has 3 aromatic carbocycles. The minimum Gasteiger partial charge on any atom is -0.120 e. The van der Waals surface area contributed by atoms with Gasteiger partial charge in [-0.2, -0.15) is 0 Å². The molecule has 3 rings (SSSR count). The first-order valence-corrected chi connectivity index (χ1v) is 9.51. The number of allylic oxidation sites excluding steroid dienone is 2. The molecule has 0 saturated heterocycles. The van der Waals surface area contributed by atoms with E-state index in [4.69, 9.17) is 6.42 Å². The lowest BCUT2D eigenvalue weighted by Crippen LogP contribution is -1.97. The lowest BCUT2D eigenvalue weighted by atomic mass is 9.90. The molecule has 0 saturated carbocycles. The molecule has 0 aromatic heterocycles. The summed E-state index contributed by atoms with van der Waals surface area (Å²) in [6.07, 6.45) is 8.21. The molecule has 27 heavy (non-hydrogen) atoms. The summed E-state index contributed by atoms with van der Waals surface area (Å²) in [6, 6.07) is 28.0. The summed E-state index contributed by atoms with van der Waals surface area (Å²) in [5.74, 6) is 2.80. The molecule has 0 nitrogen and oxygen atoms in total. The highest BCUT2D eigenvalue weighted by molar-refractivity contribution is 5.70. The topological polar surface area (TPSA) is 0 Å². The fourth-order valence-corrected chi connectivity index (χ4v) is 3.51. The van der Waals surface area contributed by atoms with Crippen LogP contribution in [0.5, 0.6) is 0 Å². The number of benzene rings is 3. The van der Waals surface area contributed by atoms with Gasteiger partial charge in [-0.3, -0.25) is 0 Å². The second-order valence-corrected chi connectivity index (χ2v) is 6.99. The van der Waals surface area contributed by atoms with Gasteiger partial charge in [0.25, 0.3) is 0 Å². The minimum atomic E-state index is 0.778. The third kappa shape index (κ3) is 4.78. The Kier molecular flexibility index (Phi) is 6.29. The normalized spacial score (nSPS) is 11.6. The summed E-state index contributed by atoms with van der Waals surface area (Å²) >= 11 is 0. The number of rotatable bonds is 6. The molecule has 0 atom stereocenters. The molecule has 0 bridgehead atoms. The average molecular weight is 351 g/mol. The summed E-state index contributed by atoms with van der Waals surface area (Å²) in [4.78, 5) is 0. The number of aryl methyl sites for hydroxylation is 1. The number of hydrogen-bond acceptors (Lipinski definition) is 0. The van der Waals surface area contributed by atoms with Crippen LogP contribution < -0.4 is 0 Å². The Morgan fingerprint density at radius 3 is 2.11 bits per heavy atom. The average Bonchev–Trinajstić information content (AvgIpc) is 2.72. The van der Waals surface area contributed by atoms with E-state index in [-0.39, 0.29) is 0 Å². The number of terminal acetylenes is 1. The third-order valence-corrected chi connectivity index (χ3v) is 5.13. The van der Waals surface area contributed by atoms with Crippen LogP contribution in [-0.2, 0) is 6.42 Å². The second-order valence-electron chi connectivity index (χ2n) is 6.99. The molecule has 3 aromatic rings. The predicted octanol–water partition coefficient (Wildman–Crippen LogP) is 7.09. The molecule has 0 heterocycles. The van der Waals surface area contributed by atoms with Gasteiger partial charge in [0.1, 0.15) is 0 Å². The van der Waals surface area contributed by atoms with Gasteiger partial charge in [-0.1, -0.05) is 84.4 Å². The smallest absolute Gasteiger partial charge is 0.0124 e. The summed E-state index contributed by atoms with van der Waals surface area (Å²) in [6.45, 7) is 4.40. The van der Waals surface area contributed by atoms with E-state index in [1.165, 1.54) is 39.0 Å². The maximum Gasteiger partial charge on any atom is 0.0124 e. The van der Waals surface area contributed by atoms with E-state index in [1.54, 1.807) is 0 Å². The zero-order valence-electron chi connectivity index (χ0n) is 16.2. The predicted molar refractivity (Wildman–Crippen MR) is 117 cm³/mol. The molecular weight excluding hydrogens is 324 g/mol. The fraction of sp³-hybridized carbons (Fsp3) is 0.185.